The first-order chi connectivity index (χ1) is 15.4. The minimum absolute atomic E-state index is 0.0589. The highest BCUT2D eigenvalue weighted by Crippen LogP contribution is 2.09. The first-order valence-corrected chi connectivity index (χ1v) is 10.8. The first kappa shape index (κ1) is 30.2. The Hall–Kier alpha value is -2.77. The van der Waals surface area contributed by atoms with Gasteiger partial charge in [0.2, 0.25) is 17.7 Å². The molecular weight excluding hydrogens is 438 g/mol. The van der Waals surface area contributed by atoms with Gasteiger partial charge in [-0.2, -0.15) is 0 Å². The van der Waals surface area contributed by atoms with E-state index in [1.54, 1.807) is 13.8 Å². The van der Waals surface area contributed by atoms with Crippen LogP contribution in [0.15, 0.2) is 0 Å². The van der Waals surface area contributed by atoms with Crippen LogP contribution in [0.5, 0.6) is 0 Å². The summed E-state index contributed by atoms with van der Waals surface area (Å²) in [5.74, 6) is -4.87. The van der Waals surface area contributed by atoms with Gasteiger partial charge >= 0.3 is 11.9 Å². The Balaban J connectivity index is 5.45. The van der Waals surface area contributed by atoms with Crippen LogP contribution in [0.2, 0.25) is 0 Å². The van der Waals surface area contributed by atoms with Gasteiger partial charge in [0.25, 0.3) is 0 Å². The molecule has 0 saturated carbocycles. The van der Waals surface area contributed by atoms with Crippen molar-refractivity contribution >= 4 is 29.7 Å². The Kier molecular flexibility index (Phi) is 14.6. The van der Waals surface area contributed by atoms with Gasteiger partial charge in [-0.05, 0) is 44.6 Å². The van der Waals surface area contributed by atoms with Crippen molar-refractivity contribution in [2.45, 2.75) is 76.5 Å². The van der Waals surface area contributed by atoms with Crippen molar-refractivity contribution < 1.29 is 39.3 Å². The van der Waals surface area contributed by atoms with Gasteiger partial charge in [-0.1, -0.05) is 13.8 Å². The number of rotatable bonds is 17. The zero-order chi connectivity index (χ0) is 25.6. The third-order valence-corrected chi connectivity index (χ3v) is 4.71. The molecule has 0 aliphatic heterocycles. The number of nitrogens with two attached hydrogens (primary N) is 2. The molecule has 0 aliphatic rings. The fourth-order valence-corrected chi connectivity index (χ4v) is 2.90. The van der Waals surface area contributed by atoms with Crippen molar-refractivity contribution in [2.75, 3.05) is 13.2 Å². The lowest BCUT2D eigenvalue weighted by Crippen LogP contribution is -2.57. The molecule has 0 saturated heterocycles. The van der Waals surface area contributed by atoms with E-state index in [1.165, 1.54) is 0 Å². The van der Waals surface area contributed by atoms with Crippen LogP contribution >= 0.6 is 0 Å². The van der Waals surface area contributed by atoms with E-state index in [9.17, 15) is 29.1 Å². The van der Waals surface area contributed by atoms with Gasteiger partial charge in [-0.3, -0.25) is 19.2 Å². The summed E-state index contributed by atoms with van der Waals surface area (Å²) >= 11 is 0. The molecule has 0 heterocycles. The zero-order valence-corrected chi connectivity index (χ0v) is 19.1. The number of carboxylic acid groups (broad SMARTS) is 2. The number of nitrogens with one attached hydrogen (secondary N) is 3. The van der Waals surface area contributed by atoms with Crippen molar-refractivity contribution in [2.24, 2.45) is 17.4 Å². The van der Waals surface area contributed by atoms with E-state index in [2.05, 4.69) is 16.0 Å². The molecule has 4 atom stereocenters. The molecular formula is C20H37N5O8. The normalized spacial score (nSPS) is 14.6. The van der Waals surface area contributed by atoms with Gasteiger partial charge in [-0.15, -0.1) is 0 Å². The lowest BCUT2D eigenvalue weighted by atomic mass is 10.0. The zero-order valence-electron chi connectivity index (χ0n) is 19.1. The summed E-state index contributed by atoms with van der Waals surface area (Å²) in [4.78, 5) is 59.8. The predicted octanol–water partition coefficient (Wildman–Crippen LogP) is -2.12. The van der Waals surface area contributed by atoms with Gasteiger partial charge in [0.15, 0.2) is 0 Å². The quantitative estimate of drug-likeness (QED) is 0.106. The smallest absolute Gasteiger partial charge is 0.326 e. The Bertz CT molecular complexity index is 673. The molecule has 33 heavy (non-hydrogen) atoms. The number of carbonyl (C=O) groups is 5. The van der Waals surface area contributed by atoms with Crippen molar-refractivity contribution in [3.05, 3.63) is 0 Å². The summed E-state index contributed by atoms with van der Waals surface area (Å²) < 4.78 is 0. The van der Waals surface area contributed by atoms with Crippen molar-refractivity contribution in [3.63, 3.8) is 0 Å². The van der Waals surface area contributed by atoms with Crippen LogP contribution in [0.25, 0.3) is 0 Å². The molecule has 190 valence electrons. The number of aliphatic carboxylic acids is 2. The second-order valence-electron chi connectivity index (χ2n) is 8.16. The summed E-state index contributed by atoms with van der Waals surface area (Å²) in [6.45, 7) is 3.36. The third kappa shape index (κ3) is 12.7. The average molecular weight is 476 g/mol. The SMILES string of the molecule is CC(C)CC(NC(=O)C(CCCCN)NC(=O)C(N)CO)C(=O)NC(CCC(=O)O)C(=O)O. The maximum Gasteiger partial charge on any atom is 0.326 e. The highest BCUT2D eigenvalue weighted by atomic mass is 16.4. The molecule has 0 spiro atoms. The maximum absolute atomic E-state index is 12.9. The Morgan fingerprint density at radius 2 is 1.36 bits per heavy atom. The minimum atomic E-state index is -1.44. The molecule has 13 heteroatoms. The average Bonchev–Trinajstić information content (AvgIpc) is 2.73. The Labute approximate surface area is 192 Å². The molecule has 0 aliphatic carbocycles. The van der Waals surface area contributed by atoms with Gasteiger partial charge in [-0.25, -0.2) is 4.79 Å². The van der Waals surface area contributed by atoms with Gasteiger partial charge in [0.1, 0.15) is 24.2 Å². The van der Waals surface area contributed by atoms with Crippen LogP contribution in [-0.4, -0.2) is 82.3 Å². The largest absolute Gasteiger partial charge is 0.481 e. The molecule has 4 unspecified atom stereocenters. The monoisotopic (exact) mass is 475 g/mol. The number of unbranched alkanes of at least 4 members (excludes halogenated alkanes) is 1. The van der Waals surface area contributed by atoms with Crippen LogP contribution in [0.3, 0.4) is 0 Å². The van der Waals surface area contributed by atoms with E-state index in [-0.39, 0.29) is 25.2 Å². The van der Waals surface area contributed by atoms with Crippen LogP contribution in [-0.2, 0) is 24.0 Å². The summed E-state index contributed by atoms with van der Waals surface area (Å²) in [6, 6.07) is -4.84. The summed E-state index contributed by atoms with van der Waals surface area (Å²) in [6.07, 6.45) is 0.683. The molecule has 13 nitrogen and oxygen atoms in total. The van der Waals surface area contributed by atoms with Crippen LogP contribution in [0.4, 0.5) is 0 Å². The van der Waals surface area contributed by atoms with E-state index in [0.717, 1.165) is 0 Å². The van der Waals surface area contributed by atoms with Gasteiger partial charge < -0.3 is 42.7 Å². The fourth-order valence-electron chi connectivity index (χ4n) is 2.90. The highest BCUT2D eigenvalue weighted by molar-refractivity contribution is 5.94. The molecule has 0 aromatic heterocycles. The molecule has 0 aromatic rings. The second-order valence-corrected chi connectivity index (χ2v) is 8.16. The van der Waals surface area contributed by atoms with Gasteiger partial charge in [0, 0.05) is 6.42 Å². The fraction of sp³-hybridized carbons (Fsp3) is 0.750. The summed E-state index contributed by atoms with van der Waals surface area (Å²) in [5.41, 5.74) is 11.0. The van der Waals surface area contributed by atoms with Crippen molar-refractivity contribution in [1.82, 2.24) is 16.0 Å². The minimum Gasteiger partial charge on any atom is -0.481 e. The lowest BCUT2D eigenvalue weighted by Gasteiger charge is -2.26. The van der Waals surface area contributed by atoms with Crippen LogP contribution < -0.4 is 27.4 Å². The number of hydrogen-bond donors (Lipinski definition) is 8. The van der Waals surface area contributed by atoms with E-state index < -0.39 is 66.9 Å². The number of carboxylic acids is 2. The third-order valence-electron chi connectivity index (χ3n) is 4.71. The lowest BCUT2D eigenvalue weighted by molar-refractivity contribution is -0.143. The van der Waals surface area contributed by atoms with E-state index in [4.69, 9.17) is 21.7 Å². The highest BCUT2D eigenvalue weighted by Gasteiger charge is 2.30. The van der Waals surface area contributed by atoms with Crippen molar-refractivity contribution in [3.8, 4) is 0 Å². The standard InChI is InChI=1S/C20H37N5O8/c1-11(2)9-15(19(31)24-14(20(32)33)6-7-16(27)28)25-18(30)13(5-3-4-8-21)23-17(29)12(22)10-26/h11-15,26H,3-10,21-22H2,1-2H3,(H,23,29)(H,24,31)(H,25,30)(H,27,28)(H,32,33). The molecule has 0 fully saturated rings. The number of aliphatic hydroxyl groups is 1. The Morgan fingerprint density at radius 3 is 1.85 bits per heavy atom. The first-order valence-electron chi connectivity index (χ1n) is 10.8. The molecule has 3 amide bonds. The second kappa shape index (κ2) is 15.9. The van der Waals surface area contributed by atoms with E-state index in [1.807, 2.05) is 0 Å². The van der Waals surface area contributed by atoms with E-state index in [0.29, 0.717) is 19.4 Å². The molecule has 0 radical (unpaired) electrons. The maximum atomic E-state index is 12.9. The number of aliphatic hydroxyl groups excluding tert-OH is 1. The molecule has 0 bridgehead atoms. The van der Waals surface area contributed by atoms with Crippen LogP contribution in [0.1, 0.15) is 52.4 Å². The Morgan fingerprint density at radius 1 is 0.818 bits per heavy atom. The number of carbonyl (C=O) groups excluding carboxylic acids is 3. The van der Waals surface area contributed by atoms with E-state index >= 15 is 0 Å². The van der Waals surface area contributed by atoms with Crippen molar-refractivity contribution in [1.29, 1.82) is 0 Å². The number of amides is 3. The molecule has 0 rings (SSSR count). The number of hydrogen-bond acceptors (Lipinski definition) is 8. The molecule has 0 aromatic carbocycles. The van der Waals surface area contributed by atoms with Crippen LogP contribution in [0, 0.1) is 5.92 Å². The topological polar surface area (TPSA) is 234 Å². The summed E-state index contributed by atoms with van der Waals surface area (Å²) in [7, 11) is 0. The summed E-state index contributed by atoms with van der Waals surface area (Å²) in [5, 5.41) is 34.4. The molecule has 10 N–H and O–H groups in total. The van der Waals surface area contributed by atoms with Gasteiger partial charge in [0.05, 0.1) is 6.61 Å². The predicted molar refractivity (Wildman–Crippen MR) is 118 cm³/mol.